The second-order valence-corrected chi connectivity index (χ2v) is 6.36. The normalized spacial score (nSPS) is 22.1. The van der Waals surface area contributed by atoms with Gasteiger partial charge in [0.1, 0.15) is 0 Å². The Kier molecular flexibility index (Phi) is 3.32. The summed E-state index contributed by atoms with van der Waals surface area (Å²) in [6, 6.07) is 0. The molecule has 0 unspecified atom stereocenters. The van der Waals surface area contributed by atoms with Gasteiger partial charge in [0, 0.05) is 11.1 Å². The van der Waals surface area contributed by atoms with Crippen molar-refractivity contribution in [3.8, 4) is 0 Å². The summed E-state index contributed by atoms with van der Waals surface area (Å²) in [4.78, 5) is 5.14. The number of nitrogens with zero attached hydrogens (tertiary/aromatic N) is 2. The zero-order chi connectivity index (χ0) is 11.0. The molecule has 0 aromatic heterocycles. The average molecular weight is 196 g/mol. The summed E-state index contributed by atoms with van der Waals surface area (Å²) in [5.41, 5.74) is 0.619. The Morgan fingerprint density at radius 2 is 1.14 bits per heavy atom. The minimum atomic E-state index is 0.309. The van der Waals surface area contributed by atoms with Gasteiger partial charge in [-0.15, -0.1) is 0 Å². The molecule has 0 saturated carbocycles. The first kappa shape index (κ1) is 12.1. The van der Waals surface area contributed by atoms with Crippen LogP contribution in [0.2, 0.25) is 0 Å². The van der Waals surface area contributed by atoms with Crippen molar-refractivity contribution >= 4 is 7.55 Å². The predicted molar refractivity (Wildman–Crippen MR) is 64.7 cm³/mol. The van der Waals surface area contributed by atoms with E-state index in [0.717, 1.165) is 7.55 Å². The second kappa shape index (κ2) is 3.86. The Bertz CT molecular complexity index is 170. The van der Waals surface area contributed by atoms with Crippen molar-refractivity contribution in [1.29, 1.82) is 0 Å². The van der Waals surface area contributed by atoms with E-state index in [2.05, 4.69) is 51.2 Å². The van der Waals surface area contributed by atoms with E-state index in [1.807, 2.05) is 0 Å². The Morgan fingerprint density at radius 3 is 1.43 bits per heavy atom. The van der Waals surface area contributed by atoms with Crippen LogP contribution in [-0.4, -0.2) is 41.3 Å². The van der Waals surface area contributed by atoms with Crippen LogP contribution >= 0.6 is 0 Å². The van der Waals surface area contributed by atoms with Gasteiger partial charge in [0.05, 0.1) is 0 Å². The molecular weight excluding hydrogens is 171 g/mol. The smallest absolute Gasteiger partial charge is 0.292 e. The third kappa shape index (κ3) is 2.99. The molecule has 82 valence electrons. The first-order valence-electron chi connectivity index (χ1n) is 5.71. The van der Waals surface area contributed by atoms with Crippen LogP contribution in [0.3, 0.4) is 0 Å². The molecule has 0 aromatic carbocycles. The first-order chi connectivity index (χ1) is 6.21. The quantitative estimate of drug-likeness (QED) is 0.545. The van der Waals surface area contributed by atoms with Gasteiger partial charge in [0.15, 0.2) is 0 Å². The first-order valence-corrected chi connectivity index (χ1v) is 5.71. The van der Waals surface area contributed by atoms with E-state index in [0.29, 0.717) is 11.1 Å². The highest BCUT2D eigenvalue weighted by atomic mass is 15.3. The van der Waals surface area contributed by atoms with Crippen LogP contribution in [-0.2, 0) is 0 Å². The van der Waals surface area contributed by atoms with Crippen LogP contribution < -0.4 is 0 Å². The second-order valence-electron chi connectivity index (χ2n) is 6.36. The molecule has 1 saturated heterocycles. The summed E-state index contributed by atoms with van der Waals surface area (Å²) in [7, 11) is 1.12. The lowest BCUT2D eigenvalue weighted by atomic mass is 9.85. The SMILES string of the molecule is CC(C)(C)N1BN(C(C)(C)C)CCC1. The lowest BCUT2D eigenvalue weighted by Gasteiger charge is -2.47. The molecule has 0 spiro atoms. The highest BCUT2D eigenvalue weighted by Crippen LogP contribution is 2.21. The van der Waals surface area contributed by atoms with Gasteiger partial charge in [-0.1, -0.05) is 0 Å². The van der Waals surface area contributed by atoms with Crippen molar-refractivity contribution in [3.05, 3.63) is 0 Å². The Morgan fingerprint density at radius 1 is 0.786 bits per heavy atom. The molecule has 0 radical (unpaired) electrons. The molecule has 1 aliphatic heterocycles. The van der Waals surface area contributed by atoms with Crippen LogP contribution in [0.5, 0.6) is 0 Å². The number of rotatable bonds is 0. The van der Waals surface area contributed by atoms with Crippen molar-refractivity contribution in [2.24, 2.45) is 0 Å². The number of hydrogen-bond acceptors (Lipinski definition) is 2. The van der Waals surface area contributed by atoms with Gasteiger partial charge < -0.3 is 9.62 Å². The molecule has 0 atom stereocenters. The molecule has 0 aromatic rings. The van der Waals surface area contributed by atoms with E-state index in [9.17, 15) is 0 Å². The molecule has 2 nitrogen and oxygen atoms in total. The van der Waals surface area contributed by atoms with Gasteiger partial charge >= 0.3 is 0 Å². The van der Waals surface area contributed by atoms with E-state index in [-0.39, 0.29) is 0 Å². The van der Waals surface area contributed by atoms with E-state index < -0.39 is 0 Å². The largest absolute Gasteiger partial charge is 0.326 e. The Hall–Kier alpha value is -0.0151. The minimum absolute atomic E-state index is 0.309. The molecule has 1 heterocycles. The van der Waals surface area contributed by atoms with Crippen LogP contribution in [0.4, 0.5) is 0 Å². The maximum absolute atomic E-state index is 2.57. The Balaban J connectivity index is 2.61. The van der Waals surface area contributed by atoms with Crippen molar-refractivity contribution in [2.75, 3.05) is 13.1 Å². The van der Waals surface area contributed by atoms with Gasteiger partial charge in [-0.25, -0.2) is 0 Å². The highest BCUT2D eigenvalue weighted by Gasteiger charge is 2.32. The maximum atomic E-state index is 2.57. The fourth-order valence-electron chi connectivity index (χ4n) is 1.90. The average Bonchev–Trinajstić information content (AvgIpc) is 2.01. The highest BCUT2D eigenvalue weighted by molar-refractivity contribution is 6.29. The lowest BCUT2D eigenvalue weighted by Crippen LogP contribution is -2.59. The van der Waals surface area contributed by atoms with E-state index >= 15 is 0 Å². The molecule has 1 fully saturated rings. The molecule has 0 aliphatic carbocycles. The lowest BCUT2D eigenvalue weighted by molar-refractivity contribution is 0.150. The third-order valence-corrected chi connectivity index (χ3v) is 3.09. The van der Waals surface area contributed by atoms with Gasteiger partial charge in [-0.2, -0.15) is 0 Å². The van der Waals surface area contributed by atoms with E-state index in [4.69, 9.17) is 0 Å². The minimum Gasteiger partial charge on any atom is -0.326 e. The summed E-state index contributed by atoms with van der Waals surface area (Å²) in [5.74, 6) is 0. The summed E-state index contributed by atoms with van der Waals surface area (Å²) in [6.07, 6.45) is 1.30. The van der Waals surface area contributed by atoms with Crippen molar-refractivity contribution in [2.45, 2.75) is 59.0 Å². The van der Waals surface area contributed by atoms with Crippen LogP contribution in [0.1, 0.15) is 48.0 Å². The molecular formula is C11H25BN2. The standard InChI is InChI=1S/C11H25BN2/c1-10(2,3)13-8-7-9-14(12-13)11(4,5)6/h12H,7-9H2,1-6H3. The van der Waals surface area contributed by atoms with Crippen molar-refractivity contribution in [3.63, 3.8) is 0 Å². The molecule has 0 bridgehead atoms. The summed E-state index contributed by atoms with van der Waals surface area (Å²) < 4.78 is 0. The topological polar surface area (TPSA) is 6.48 Å². The van der Waals surface area contributed by atoms with E-state index in [1.54, 1.807) is 0 Å². The Labute approximate surface area is 89.9 Å². The monoisotopic (exact) mass is 196 g/mol. The molecule has 0 amide bonds. The van der Waals surface area contributed by atoms with Crippen molar-refractivity contribution < 1.29 is 0 Å². The number of hydrogen-bond donors (Lipinski definition) is 0. The fourth-order valence-corrected chi connectivity index (χ4v) is 1.90. The molecule has 14 heavy (non-hydrogen) atoms. The van der Waals surface area contributed by atoms with Crippen LogP contribution in [0.15, 0.2) is 0 Å². The van der Waals surface area contributed by atoms with Gasteiger partial charge in [0.25, 0.3) is 7.55 Å². The molecule has 1 rings (SSSR count). The van der Waals surface area contributed by atoms with Crippen LogP contribution in [0, 0.1) is 0 Å². The molecule has 0 N–H and O–H groups in total. The zero-order valence-electron chi connectivity index (χ0n) is 10.7. The zero-order valence-corrected chi connectivity index (χ0v) is 10.7. The molecule has 3 heteroatoms. The fraction of sp³-hybridized carbons (Fsp3) is 1.00. The maximum Gasteiger partial charge on any atom is 0.292 e. The summed E-state index contributed by atoms with van der Waals surface area (Å²) in [6.45, 7) is 16.3. The van der Waals surface area contributed by atoms with Gasteiger partial charge in [-0.3, -0.25) is 0 Å². The third-order valence-electron chi connectivity index (χ3n) is 3.09. The molecule has 1 aliphatic rings. The van der Waals surface area contributed by atoms with Crippen LogP contribution in [0.25, 0.3) is 0 Å². The van der Waals surface area contributed by atoms with Crippen molar-refractivity contribution in [1.82, 2.24) is 9.62 Å². The van der Waals surface area contributed by atoms with E-state index in [1.165, 1.54) is 19.5 Å². The summed E-state index contributed by atoms with van der Waals surface area (Å²) >= 11 is 0. The summed E-state index contributed by atoms with van der Waals surface area (Å²) in [5, 5.41) is 0. The van der Waals surface area contributed by atoms with Gasteiger partial charge in [-0.05, 0) is 61.1 Å². The van der Waals surface area contributed by atoms with Gasteiger partial charge in [0.2, 0.25) is 0 Å². The predicted octanol–water partition coefficient (Wildman–Crippen LogP) is 1.86.